The van der Waals surface area contributed by atoms with Crippen molar-refractivity contribution in [1.29, 1.82) is 0 Å². The molecule has 1 aliphatic rings. The van der Waals surface area contributed by atoms with Crippen LogP contribution in [0.25, 0.3) is 10.9 Å². The number of H-pyrrole nitrogens is 1. The third-order valence-electron chi connectivity index (χ3n) is 3.66. The Morgan fingerprint density at radius 3 is 3.06 bits per heavy atom. The predicted octanol–water partition coefficient (Wildman–Crippen LogP) is 2.75. The maximum atomic E-state index is 10.7. The fraction of sp³-hybridized carbons (Fsp3) is 0.357. The van der Waals surface area contributed by atoms with Crippen molar-refractivity contribution in [2.24, 2.45) is 5.92 Å². The van der Waals surface area contributed by atoms with E-state index in [1.165, 1.54) is 22.2 Å². The number of rotatable bonds is 2. The molecule has 0 aliphatic heterocycles. The molecule has 0 saturated heterocycles. The summed E-state index contributed by atoms with van der Waals surface area (Å²) in [6.07, 6.45) is 3.14. The summed E-state index contributed by atoms with van der Waals surface area (Å²) in [5.74, 6) is -0.400. The highest BCUT2D eigenvalue weighted by Gasteiger charge is 2.23. The first-order valence-corrected chi connectivity index (χ1v) is 6.04. The van der Waals surface area contributed by atoms with Crippen LogP contribution in [0.4, 0.5) is 0 Å². The highest BCUT2D eigenvalue weighted by Crippen LogP contribution is 2.32. The van der Waals surface area contributed by atoms with Gasteiger partial charge in [-0.2, -0.15) is 0 Å². The molecule has 88 valence electrons. The van der Waals surface area contributed by atoms with Gasteiger partial charge in [0, 0.05) is 23.0 Å². The summed E-state index contributed by atoms with van der Waals surface area (Å²) < 4.78 is 0. The maximum Gasteiger partial charge on any atom is 0.303 e. The monoisotopic (exact) mass is 229 g/mol. The third-order valence-corrected chi connectivity index (χ3v) is 3.66. The highest BCUT2D eigenvalue weighted by atomic mass is 16.4. The Morgan fingerprint density at radius 2 is 2.24 bits per heavy atom. The molecule has 0 saturated carbocycles. The lowest BCUT2D eigenvalue weighted by Gasteiger charge is -2.20. The van der Waals surface area contributed by atoms with Gasteiger partial charge in [-0.15, -0.1) is 0 Å². The van der Waals surface area contributed by atoms with Crippen LogP contribution >= 0.6 is 0 Å². The quantitative estimate of drug-likeness (QED) is 0.832. The van der Waals surface area contributed by atoms with Crippen molar-refractivity contribution in [3.8, 4) is 0 Å². The molecule has 2 N–H and O–H groups in total. The summed E-state index contributed by atoms with van der Waals surface area (Å²) in [5, 5.41) is 10.1. The standard InChI is InChI=1S/C14H15NO2/c16-14(17)8-9-5-6-11-10-3-1-2-4-12(10)15-13(11)7-9/h1-4,9,15H,5-8H2,(H,16,17). The Morgan fingerprint density at radius 1 is 1.41 bits per heavy atom. The summed E-state index contributed by atoms with van der Waals surface area (Å²) >= 11 is 0. The average molecular weight is 229 g/mol. The van der Waals surface area contributed by atoms with Crippen LogP contribution in [0.15, 0.2) is 24.3 Å². The number of fused-ring (bicyclic) bond motifs is 3. The molecule has 1 unspecified atom stereocenters. The minimum absolute atomic E-state index is 0.285. The van der Waals surface area contributed by atoms with Crippen molar-refractivity contribution in [2.45, 2.75) is 25.7 Å². The second-order valence-electron chi connectivity index (χ2n) is 4.83. The zero-order valence-electron chi connectivity index (χ0n) is 9.57. The first kappa shape index (κ1) is 10.4. The van der Waals surface area contributed by atoms with Gasteiger partial charge >= 0.3 is 5.97 Å². The Bertz CT molecular complexity index is 571. The zero-order chi connectivity index (χ0) is 11.8. The molecule has 1 aromatic carbocycles. The van der Waals surface area contributed by atoms with Gasteiger partial charge < -0.3 is 10.1 Å². The van der Waals surface area contributed by atoms with Crippen molar-refractivity contribution in [2.75, 3.05) is 0 Å². The van der Waals surface area contributed by atoms with Crippen molar-refractivity contribution in [1.82, 2.24) is 4.98 Å². The van der Waals surface area contributed by atoms with Gasteiger partial charge in [0.25, 0.3) is 0 Å². The van der Waals surface area contributed by atoms with E-state index in [-0.39, 0.29) is 12.3 Å². The number of hydrogen-bond donors (Lipinski definition) is 2. The van der Waals surface area contributed by atoms with Crippen molar-refractivity contribution in [3.05, 3.63) is 35.5 Å². The zero-order valence-corrected chi connectivity index (χ0v) is 9.57. The summed E-state index contributed by atoms with van der Waals surface area (Å²) in [7, 11) is 0. The number of carboxylic acids is 1. The number of hydrogen-bond acceptors (Lipinski definition) is 1. The number of aliphatic carboxylic acids is 1. The first-order chi connectivity index (χ1) is 8.24. The molecule has 1 heterocycles. The minimum Gasteiger partial charge on any atom is -0.481 e. The molecule has 3 heteroatoms. The van der Waals surface area contributed by atoms with E-state index in [0.717, 1.165) is 19.3 Å². The lowest BCUT2D eigenvalue weighted by atomic mass is 9.85. The second kappa shape index (κ2) is 3.91. The van der Waals surface area contributed by atoms with Crippen LogP contribution < -0.4 is 0 Å². The predicted molar refractivity (Wildman–Crippen MR) is 66.1 cm³/mol. The number of aryl methyl sites for hydroxylation is 1. The SMILES string of the molecule is O=C(O)CC1CCc2c([nH]c3ccccc23)C1. The van der Waals surface area contributed by atoms with Gasteiger partial charge in [-0.1, -0.05) is 18.2 Å². The molecule has 1 aromatic heterocycles. The van der Waals surface area contributed by atoms with Crippen LogP contribution in [0.2, 0.25) is 0 Å². The van der Waals surface area contributed by atoms with Crippen LogP contribution in [0.3, 0.4) is 0 Å². The van der Waals surface area contributed by atoms with E-state index in [9.17, 15) is 4.79 Å². The van der Waals surface area contributed by atoms with Crippen molar-refractivity contribution in [3.63, 3.8) is 0 Å². The average Bonchev–Trinajstić information content (AvgIpc) is 2.65. The Balaban J connectivity index is 1.95. The highest BCUT2D eigenvalue weighted by molar-refractivity contribution is 5.84. The number of aromatic nitrogens is 1. The van der Waals surface area contributed by atoms with Gasteiger partial charge in [-0.25, -0.2) is 0 Å². The summed E-state index contributed by atoms with van der Waals surface area (Å²) in [6, 6.07) is 8.31. The largest absolute Gasteiger partial charge is 0.481 e. The Hall–Kier alpha value is -1.77. The summed E-state index contributed by atoms with van der Waals surface area (Å²) in [4.78, 5) is 14.2. The van der Waals surface area contributed by atoms with E-state index in [0.29, 0.717) is 0 Å². The molecule has 3 nitrogen and oxygen atoms in total. The molecule has 0 radical (unpaired) electrons. The fourth-order valence-corrected chi connectivity index (χ4v) is 2.88. The maximum absolute atomic E-state index is 10.7. The van der Waals surface area contributed by atoms with Gasteiger partial charge in [-0.05, 0) is 36.8 Å². The van der Waals surface area contributed by atoms with Crippen LogP contribution in [0.5, 0.6) is 0 Å². The molecular weight excluding hydrogens is 214 g/mol. The van der Waals surface area contributed by atoms with E-state index >= 15 is 0 Å². The number of aromatic amines is 1. The molecule has 0 amide bonds. The number of carbonyl (C=O) groups is 1. The third kappa shape index (κ3) is 1.82. The first-order valence-electron chi connectivity index (χ1n) is 6.04. The van der Waals surface area contributed by atoms with E-state index < -0.39 is 5.97 Å². The molecule has 1 aliphatic carbocycles. The molecule has 2 aromatic rings. The Labute approximate surface area is 99.5 Å². The number of benzene rings is 1. The molecular formula is C14H15NO2. The van der Waals surface area contributed by atoms with E-state index in [2.05, 4.69) is 23.2 Å². The van der Waals surface area contributed by atoms with Crippen LogP contribution in [-0.4, -0.2) is 16.1 Å². The van der Waals surface area contributed by atoms with Gasteiger partial charge in [0.2, 0.25) is 0 Å². The van der Waals surface area contributed by atoms with E-state index in [4.69, 9.17) is 5.11 Å². The normalized spacial score (nSPS) is 19.2. The smallest absolute Gasteiger partial charge is 0.303 e. The number of carboxylic acid groups (broad SMARTS) is 1. The molecule has 1 atom stereocenters. The molecule has 17 heavy (non-hydrogen) atoms. The number of nitrogens with one attached hydrogen (secondary N) is 1. The van der Waals surface area contributed by atoms with Crippen LogP contribution in [-0.2, 0) is 17.6 Å². The second-order valence-corrected chi connectivity index (χ2v) is 4.83. The lowest BCUT2D eigenvalue weighted by molar-refractivity contribution is -0.138. The lowest BCUT2D eigenvalue weighted by Crippen LogP contribution is -2.17. The molecule has 0 bridgehead atoms. The molecule has 0 spiro atoms. The van der Waals surface area contributed by atoms with Gasteiger partial charge in [0.15, 0.2) is 0 Å². The summed E-state index contributed by atoms with van der Waals surface area (Å²) in [6.45, 7) is 0. The Kier molecular flexibility index (Phi) is 2.39. The molecule has 3 rings (SSSR count). The van der Waals surface area contributed by atoms with Crippen LogP contribution in [0, 0.1) is 5.92 Å². The van der Waals surface area contributed by atoms with E-state index in [1.807, 2.05) is 6.07 Å². The van der Waals surface area contributed by atoms with Gasteiger partial charge in [0.05, 0.1) is 0 Å². The molecule has 0 fully saturated rings. The minimum atomic E-state index is -0.686. The van der Waals surface area contributed by atoms with Gasteiger partial charge in [-0.3, -0.25) is 4.79 Å². The van der Waals surface area contributed by atoms with Gasteiger partial charge in [0.1, 0.15) is 0 Å². The number of para-hydroxylation sites is 1. The van der Waals surface area contributed by atoms with Crippen molar-refractivity contribution >= 4 is 16.9 Å². The van der Waals surface area contributed by atoms with Crippen molar-refractivity contribution < 1.29 is 9.90 Å². The van der Waals surface area contributed by atoms with Crippen LogP contribution in [0.1, 0.15) is 24.1 Å². The topological polar surface area (TPSA) is 53.1 Å². The van der Waals surface area contributed by atoms with E-state index in [1.54, 1.807) is 0 Å². The summed E-state index contributed by atoms with van der Waals surface area (Å²) in [5.41, 5.74) is 3.81. The fourth-order valence-electron chi connectivity index (χ4n) is 2.88.